The highest BCUT2D eigenvalue weighted by molar-refractivity contribution is 5.92. The van der Waals surface area contributed by atoms with Crippen molar-refractivity contribution in [3.8, 4) is 11.5 Å². The van der Waals surface area contributed by atoms with Crippen molar-refractivity contribution < 1.29 is 8.81 Å². The predicted molar refractivity (Wildman–Crippen MR) is 82.9 cm³/mol. The summed E-state index contributed by atoms with van der Waals surface area (Å²) in [6.45, 7) is 0.383. The molecular formula is C18H13FN2O. The third-order valence-corrected chi connectivity index (χ3v) is 3.69. The second-order valence-electron chi connectivity index (χ2n) is 5.09. The summed E-state index contributed by atoms with van der Waals surface area (Å²) in [6, 6.07) is 18.4. The quantitative estimate of drug-likeness (QED) is 0.557. The number of halogens is 1. The smallest absolute Gasteiger partial charge is 0.154 e. The van der Waals surface area contributed by atoms with E-state index in [2.05, 4.69) is 5.10 Å². The molecule has 0 saturated heterocycles. The van der Waals surface area contributed by atoms with Gasteiger partial charge in [-0.2, -0.15) is 5.10 Å². The van der Waals surface area contributed by atoms with Crippen LogP contribution in [0.4, 0.5) is 4.39 Å². The highest BCUT2D eigenvalue weighted by Crippen LogP contribution is 2.28. The average Bonchev–Trinajstić information content (AvgIpc) is 3.18. The fourth-order valence-corrected chi connectivity index (χ4v) is 2.63. The van der Waals surface area contributed by atoms with Gasteiger partial charge in [-0.15, -0.1) is 0 Å². The Balaban J connectivity index is 1.87. The third-order valence-electron chi connectivity index (χ3n) is 3.69. The van der Waals surface area contributed by atoms with Crippen molar-refractivity contribution in [3.63, 3.8) is 0 Å². The molecule has 0 aliphatic heterocycles. The van der Waals surface area contributed by atoms with E-state index in [1.807, 2.05) is 47.1 Å². The maximum Gasteiger partial charge on any atom is 0.154 e. The molecular weight excluding hydrogens is 279 g/mol. The summed E-state index contributed by atoms with van der Waals surface area (Å²) in [4.78, 5) is 0. The van der Waals surface area contributed by atoms with Gasteiger partial charge in [-0.1, -0.05) is 36.4 Å². The molecule has 0 aliphatic rings. The molecule has 108 valence electrons. The van der Waals surface area contributed by atoms with E-state index in [9.17, 15) is 4.39 Å². The summed E-state index contributed by atoms with van der Waals surface area (Å²) in [5.74, 6) is 0.491. The molecule has 2 aromatic carbocycles. The predicted octanol–water partition coefficient (Wildman–Crippen LogP) is 4.48. The van der Waals surface area contributed by atoms with E-state index >= 15 is 0 Å². The fraction of sp³-hybridized carbons (Fsp3) is 0.0556. The van der Waals surface area contributed by atoms with Crippen LogP contribution in [0, 0.1) is 5.82 Å². The number of hydrogen-bond acceptors (Lipinski definition) is 2. The molecule has 2 aromatic heterocycles. The molecule has 0 bridgehead atoms. The Kier molecular flexibility index (Phi) is 3.00. The van der Waals surface area contributed by atoms with Crippen LogP contribution in [0.1, 0.15) is 5.56 Å². The van der Waals surface area contributed by atoms with E-state index in [0.717, 1.165) is 16.6 Å². The van der Waals surface area contributed by atoms with Gasteiger partial charge >= 0.3 is 0 Å². The van der Waals surface area contributed by atoms with E-state index in [1.165, 1.54) is 6.07 Å². The van der Waals surface area contributed by atoms with Crippen molar-refractivity contribution >= 4 is 10.9 Å². The Hall–Kier alpha value is -2.88. The van der Waals surface area contributed by atoms with Crippen molar-refractivity contribution in [1.29, 1.82) is 0 Å². The largest absolute Gasteiger partial charge is 0.463 e. The van der Waals surface area contributed by atoms with Gasteiger partial charge in [0.15, 0.2) is 5.76 Å². The van der Waals surface area contributed by atoms with Crippen LogP contribution in [0.25, 0.3) is 22.4 Å². The zero-order valence-corrected chi connectivity index (χ0v) is 11.7. The lowest BCUT2D eigenvalue weighted by atomic mass is 10.2. The van der Waals surface area contributed by atoms with E-state index in [0.29, 0.717) is 17.9 Å². The molecule has 3 nitrogen and oxygen atoms in total. The second kappa shape index (κ2) is 5.15. The number of hydrogen-bond donors (Lipinski definition) is 0. The topological polar surface area (TPSA) is 31.0 Å². The van der Waals surface area contributed by atoms with Crippen molar-refractivity contribution in [2.75, 3.05) is 0 Å². The first-order valence-corrected chi connectivity index (χ1v) is 7.06. The molecule has 4 aromatic rings. The third kappa shape index (κ3) is 2.09. The van der Waals surface area contributed by atoms with Gasteiger partial charge in [0.2, 0.25) is 0 Å². The minimum atomic E-state index is -0.221. The molecule has 0 atom stereocenters. The normalized spacial score (nSPS) is 11.1. The molecule has 0 fully saturated rings. The molecule has 0 spiro atoms. The SMILES string of the molecule is Fc1ccccc1Cn1nc(-c2ccco2)c2ccccc21. The average molecular weight is 292 g/mol. The van der Waals surface area contributed by atoms with Gasteiger partial charge in [0, 0.05) is 10.9 Å². The molecule has 0 saturated carbocycles. The summed E-state index contributed by atoms with van der Waals surface area (Å²) >= 11 is 0. The lowest BCUT2D eigenvalue weighted by Gasteiger charge is -2.04. The molecule has 4 rings (SSSR count). The first-order valence-electron chi connectivity index (χ1n) is 7.06. The minimum Gasteiger partial charge on any atom is -0.463 e. The maximum absolute atomic E-state index is 13.9. The number of furan rings is 1. The van der Waals surface area contributed by atoms with Gasteiger partial charge in [0.25, 0.3) is 0 Å². The number of para-hydroxylation sites is 1. The highest BCUT2D eigenvalue weighted by atomic mass is 19.1. The zero-order chi connectivity index (χ0) is 14.9. The monoisotopic (exact) mass is 292 g/mol. The summed E-state index contributed by atoms with van der Waals surface area (Å²) < 4.78 is 21.2. The van der Waals surface area contributed by atoms with Gasteiger partial charge in [0.1, 0.15) is 11.5 Å². The van der Waals surface area contributed by atoms with Crippen LogP contribution >= 0.6 is 0 Å². The molecule has 0 aliphatic carbocycles. The second-order valence-corrected chi connectivity index (χ2v) is 5.09. The summed E-state index contributed by atoms with van der Waals surface area (Å²) in [7, 11) is 0. The van der Waals surface area contributed by atoms with Gasteiger partial charge in [-0.05, 0) is 24.3 Å². The van der Waals surface area contributed by atoms with Crippen LogP contribution in [0.2, 0.25) is 0 Å². The van der Waals surface area contributed by atoms with Crippen LogP contribution < -0.4 is 0 Å². The van der Waals surface area contributed by atoms with Crippen molar-refractivity contribution in [3.05, 3.63) is 78.3 Å². The Bertz CT molecular complexity index is 925. The lowest BCUT2D eigenvalue weighted by Crippen LogP contribution is -2.03. The minimum absolute atomic E-state index is 0.221. The standard InChI is InChI=1S/C18H13FN2O/c19-15-8-3-1-6-13(15)12-21-16-9-4-2-7-14(16)18(20-21)17-10-5-11-22-17/h1-11H,12H2. The Morgan fingerprint density at radius 2 is 1.77 bits per heavy atom. The molecule has 4 heteroatoms. The van der Waals surface area contributed by atoms with Gasteiger partial charge in [-0.25, -0.2) is 4.39 Å². The Morgan fingerprint density at radius 3 is 2.59 bits per heavy atom. The molecule has 0 radical (unpaired) electrons. The van der Waals surface area contributed by atoms with E-state index < -0.39 is 0 Å². The fourth-order valence-electron chi connectivity index (χ4n) is 2.63. The number of nitrogens with zero attached hydrogens (tertiary/aromatic N) is 2. The lowest BCUT2D eigenvalue weighted by molar-refractivity contribution is 0.573. The number of aromatic nitrogens is 2. The zero-order valence-electron chi connectivity index (χ0n) is 11.7. The summed E-state index contributed by atoms with van der Waals surface area (Å²) in [5.41, 5.74) is 2.34. The first kappa shape index (κ1) is 12.8. The Morgan fingerprint density at radius 1 is 0.955 bits per heavy atom. The van der Waals surface area contributed by atoms with Crippen LogP contribution in [0.3, 0.4) is 0 Å². The molecule has 0 unspecified atom stereocenters. The van der Waals surface area contributed by atoms with E-state index in [4.69, 9.17) is 4.42 Å². The maximum atomic E-state index is 13.9. The highest BCUT2D eigenvalue weighted by Gasteiger charge is 2.14. The van der Waals surface area contributed by atoms with Gasteiger partial charge in [-0.3, -0.25) is 4.68 Å². The molecule has 0 N–H and O–H groups in total. The van der Waals surface area contributed by atoms with Gasteiger partial charge in [0.05, 0.1) is 18.3 Å². The van der Waals surface area contributed by atoms with Crippen molar-refractivity contribution in [2.24, 2.45) is 0 Å². The van der Waals surface area contributed by atoms with E-state index in [-0.39, 0.29) is 5.82 Å². The summed E-state index contributed by atoms with van der Waals surface area (Å²) in [6.07, 6.45) is 1.62. The summed E-state index contributed by atoms with van der Waals surface area (Å²) in [5, 5.41) is 5.62. The molecule has 22 heavy (non-hydrogen) atoms. The van der Waals surface area contributed by atoms with Crippen LogP contribution in [0.5, 0.6) is 0 Å². The van der Waals surface area contributed by atoms with E-state index in [1.54, 1.807) is 18.4 Å². The number of benzene rings is 2. The van der Waals surface area contributed by atoms with Crippen LogP contribution in [-0.4, -0.2) is 9.78 Å². The number of rotatable bonds is 3. The van der Waals surface area contributed by atoms with Crippen molar-refractivity contribution in [2.45, 2.75) is 6.54 Å². The van der Waals surface area contributed by atoms with Crippen LogP contribution in [0.15, 0.2) is 71.3 Å². The Labute approximate surface area is 126 Å². The molecule has 0 amide bonds. The van der Waals surface area contributed by atoms with Crippen molar-refractivity contribution in [1.82, 2.24) is 9.78 Å². The van der Waals surface area contributed by atoms with Gasteiger partial charge < -0.3 is 4.42 Å². The first-order chi connectivity index (χ1) is 10.8. The molecule has 2 heterocycles. The van der Waals surface area contributed by atoms with Crippen LogP contribution in [-0.2, 0) is 6.54 Å². The number of fused-ring (bicyclic) bond motifs is 1.